The normalized spacial score (nSPS) is 12.1. The Kier molecular flexibility index (Phi) is 3.90. The molecule has 1 unspecified atom stereocenters. The molecule has 0 fully saturated rings. The van der Waals surface area contributed by atoms with Gasteiger partial charge in [-0.15, -0.1) is 0 Å². The maximum absolute atomic E-state index is 11.4. The third-order valence-electron chi connectivity index (χ3n) is 3.01. The van der Waals surface area contributed by atoms with E-state index in [0.29, 0.717) is 17.9 Å². The molecule has 0 radical (unpaired) electrons. The first-order valence-electron chi connectivity index (χ1n) is 6.14. The van der Waals surface area contributed by atoms with E-state index in [4.69, 9.17) is 0 Å². The highest BCUT2D eigenvalue weighted by Crippen LogP contribution is 2.20. The van der Waals surface area contributed by atoms with Gasteiger partial charge in [-0.2, -0.15) is 0 Å². The first kappa shape index (κ1) is 13.2. The van der Waals surface area contributed by atoms with Gasteiger partial charge in [0.15, 0.2) is 0 Å². The summed E-state index contributed by atoms with van der Waals surface area (Å²) in [6, 6.07) is 9.55. The van der Waals surface area contributed by atoms with E-state index in [-0.39, 0.29) is 0 Å². The summed E-state index contributed by atoms with van der Waals surface area (Å²) in [4.78, 5) is 19.6. The van der Waals surface area contributed by atoms with Crippen molar-refractivity contribution in [2.75, 3.05) is 0 Å². The zero-order chi connectivity index (χ0) is 13.8. The molecule has 0 saturated carbocycles. The van der Waals surface area contributed by atoms with Crippen molar-refractivity contribution in [2.45, 2.75) is 26.2 Å². The second-order valence-electron chi connectivity index (χ2n) is 4.61. The average molecular weight is 256 g/mol. The Morgan fingerprint density at radius 2 is 1.89 bits per heavy atom. The molecule has 2 rings (SSSR count). The zero-order valence-corrected chi connectivity index (χ0v) is 11.0. The van der Waals surface area contributed by atoms with Crippen molar-refractivity contribution in [3.63, 3.8) is 0 Å². The number of aryl methyl sites for hydroxylation is 2. The fraction of sp³-hybridized carbons (Fsp3) is 0.267. The van der Waals surface area contributed by atoms with Crippen LogP contribution in [-0.4, -0.2) is 21.0 Å². The second kappa shape index (κ2) is 5.61. The van der Waals surface area contributed by atoms with Gasteiger partial charge in [0.1, 0.15) is 11.7 Å². The number of aromatic nitrogens is 2. The van der Waals surface area contributed by atoms with Crippen LogP contribution in [0.3, 0.4) is 0 Å². The van der Waals surface area contributed by atoms with Crippen LogP contribution < -0.4 is 0 Å². The fourth-order valence-electron chi connectivity index (χ4n) is 1.95. The van der Waals surface area contributed by atoms with Crippen molar-refractivity contribution >= 4 is 5.97 Å². The standard InChI is InChI=1S/C15H16N2O2/c1-10-3-5-12(6-4-10)9-13(15(18)19)14-7-8-16-11(2)17-14/h3-8,13H,9H2,1-2H3,(H,18,19). The van der Waals surface area contributed by atoms with Crippen molar-refractivity contribution in [1.29, 1.82) is 0 Å². The van der Waals surface area contributed by atoms with Crippen LogP contribution in [0, 0.1) is 13.8 Å². The van der Waals surface area contributed by atoms with Crippen molar-refractivity contribution in [2.24, 2.45) is 0 Å². The van der Waals surface area contributed by atoms with Gasteiger partial charge in [-0.1, -0.05) is 29.8 Å². The predicted molar refractivity (Wildman–Crippen MR) is 72.0 cm³/mol. The van der Waals surface area contributed by atoms with E-state index in [1.165, 1.54) is 0 Å². The van der Waals surface area contributed by atoms with Crippen LogP contribution in [0.15, 0.2) is 36.5 Å². The minimum Gasteiger partial charge on any atom is -0.481 e. The molecule has 0 aliphatic rings. The van der Waals surface area contributed by atoms with Gasteiger partial charge in [-0.25, -0.2) is 9.97 Å². The number of hydrogen-bond donors (Lipinski definition) is 1. The summed E-state index contributed by atoms with van der Waals surface area (Å²) >= 11 is 0. The molecule has 4 heteroatoms. The van der Waals surface area contributed by atoms with E-state index in [1.807, 2.05) is 31.2 Å². The predicted octanol–water partition coefficient (Wildman–Crippen LogP) is 2.50. The van der Waals surface area contributed by atoms with Gasteiger partial charge in [0.05, 0.1) is 5.69 Å². The first-order chi connectivity index (χ1) is 9.06. The molecule has 1 aromatic carbocycles. The number of rotatable bonds is 4. The summed E-state index contributed by atoms with van der Waals surface area (Å²) in [5, 5.41) is 9.37. The van der Waals surface area contributed by atoms with Crippen LogP contribution in [0.1, 0.15) is 28.6 Å². The van der Waals surface area contributed by atoms with Crippen LogP contribution in [0.2, 0.25) is 0 Å². The molecule has 4 nitrogen and oxygen atoms in total. The van der Waals surface area contributed by atoms with Crippen LogP contribution in [0.5, 0.6) is 0 Å². The van der Waals surface area contributed by atoms with Gasteiger partial charge in [0, 0.05) is 6.20 Å². The van der Waals surface area contributed by atoms with E-state index < -0.39 is 11.9 Å². The molecule has 0 bridgehead atoms. The lowest BCUT2D eigenvalue weighted by Gasteiger charge is -2.12. The molecule has 19 heavy (non-hydrogen) atoms. The van der Waals surface area contributed by atoms with E-state index in [1.54, 1.807) is 19.2 Å². The lowest BCUT2D eigenvalue weighted by atomic mass is 9.95. The van der Waals surface area contributed by atoms with Crippen LogP contribution >= 0.6 is 0 Å². The van der Waals surface area contributed by atoms with Gasteiger partial charge < -0.3 is 5.11 Å². The Balaban J connectivity index is 2.26. The van der Waals surface area contributed by atoms with Gasteiger partial charge in [0.2, 0.25) is 0 Å². The number of carboxylic acid groups (broad SMARTS) is 1. The molecule has 1 atom stereocenters. The molecule has 0 saturated heterocycles. The maximum atomic E-state index is 11.4. The minimum absolute atomic E-state index is 0.437. The lowest BCUT2D eigenvalue weighted by molar-refractivity contribution is -0.138. The number of benzene rings is 1. The maximum Gasteiger partial charge on any atom is 0.312 e. The molecule has 0 aliphatic carbocycles. The molecule has 0 aliphatic heterocycles. The third kappa shape index (κ3) is 3.37. The van der Waals surface area contributed by atoms with E-state index >= 15 is 0 Å². The molecule has 0 amide bonds. The summed E-state index contributed by atoms with van der Waals surface area (Å²) < 4.78 is 0. The molecule has 1 heterocycles. The average Bonchev–Trinajstić information content (AvgIpc) is 2.37. The highest BCUT2D eigenvalue weighted by molar-refractivity contribution is 5.75. The van der Waals surface area contributed by atoms with Crippen LogP contribution in [0.25, 0.3) is 0 Å². The van der Waals surface area contributed by atoms with Crippen molar-refractivity contribution in [3.05, 3.63) is 59.2 Å². The summed E-state index contributed by atoms with van der Waals surface area (Å²) in [6.07, 6.45) is 2.04. The molecular weight excluding hydrogens is 240 g/mol. The van der Waals surface area contributed by atoms with Crippen molar-refractivity contribution in [1.82, 2.24) is 9.97 Å². The summed E-state index contributed by atoms with van der Waals surface area (Å²) in [7, 11) is 0. The quantitative estimate of drug-likeness (QED) is 0.913. The van der Waals surface area contributed by atoms with E-state index in [0.717, 1.165) is 11.1 Å². The van der Waals surface area contributed by atoms with E-state index in [2.05, 4.69) is 9.97 Å². The number of carbonyl (C=O) groups is 1. The highest BCUT2D eigenvalue weighted by Gasteiger charge is 2.21. The molecule has 1 N–H and O–H groups in total. The van der Waals surface area contributed by atoms with Crippen molar-refractivity contribution < 1.29 is 9.90 Å². The minimum atomic E-state index is -0.862. The molecular formula is C15H16N2O2. The smallest absolute Gasteiger partial charge is 0.312 e. The second-order valence-corrected chi connectivity index (χ2v) is 4.61. The largest absolute Gasteiger partial charge is 0.481 e. The Hall–Kier alpha value is -2.23. The number of hydrogen-bond acceptors (Lipinski definition) is 3. The summed E-state index contributed by atoms with van der Waals surface area (Å²) in [6.45, 7) is 3.76. The monoisotopic (exact) mass is 256 g/mol. The SMILES string of the molecule is Cc1ccc(CC(C(=O)O)c2ccnc(C)n2)cc1. The Labute approximate surface area is 112 Å². The Morgan fingerprint density at radius 3 is 2.47 bits per heavy atom. The van der Waals surface area contributed by atoms with Gasteiger partial charge in [-0.05, 0) is 31.9 Å². The summed E-state index contributed by atoms with van der Waals surface area (Å²) in [5.41, 5.74) is 2.71. The third-order valence-corrected chi connectivity index (χ3v) is 3.01. The summed E-state index contributed by atoms with van der Waals surface area (Å²) in [5.74, 6) is -0.907. The number of carboxylic acids is 1. The Morgan fingerprint density at radius 1 is 1.21 bits per heavy atom. The van der Waals surface area contributed by atoms with Gasteiger partial charge >= 0.3 is 5.97 Å². The molecule has 0 spiro atoms. The van der Waals surface area contributed by atoms with Crippen LogP contribution in [-0.2, 0) is 11.2 Å². The number of aliphatic carboxylic acids is 1. The van der Waals surface area contributed by atoms with Crippen molar-refractivity contribution in [3.8, 4) is 0 Å². The highest BCUT2D eigenvalue weighted by atomic mass is 16.4. The first-order valence-corrected chi connectivity index (χ1v) is 6.14. The fourth-order valence-corrected chi connectivity index (χ4v) is 1.95. The molecule has 98 valence electrons. The van der Waals surface area contributed by atoms with Gasteiger partial charge in [0.25, 0.3) is 0 Å². The zero-order valence-electron chi connectivity index (χ0n) is 11.0. The topological polar surface area (TPSA) is 63.1 Å². The molecule has 2 aromatic rings. The Bertz CT molecular complexity index is 579. The number of nitrogens with zero attached hydrogens (tertiary/aromatic N) is 2. The molecule has 1 aromatic heterocycles. The van der Waals surface area contributed by atoms with Gasteiger partial charge in [-0.3, -0.25) is 4.79 Å². The van der Waals surface area contributed by atoms with E-state index in [9.17, 15) is 9.90 Å². The lowest BCUT2D eigenvalue weighted by Crippen LogP contribution is -2.16. The van der Waals surface area contributed by atoms with Crippen LogP contribution in [0.4, 0.5) is 0 Å².